The average molecular weight is 309 g/mol. The zero-order valence-corrected chi connectivity index (χ0v) is 12.1. The smallest absolute Gasteiger partial charge is 0.0995 e. The Labute approximate surface area is 124 Å². The normalized spacial score (nSPS) is 12.8. The summed E-state index contributed by atoms with van der Waals surface area (Å²) in [5.74, 6) is 0. The molecular weight excluding hydrogens is 299 g/mol. The van der Waals surface area contributed by atoms with E-state index in [1.54, 1.807) is 6.20 Å². The third kappa shape index (κ3) is 2.47. The van der Waals surface area contributed by atoms with E-state index in [0.717, 1.165) is 22.0 Å². The van der Waals surface area contributed by atoms with Crippen LogP contribution in [0, 0.1) is 0 Å². The first-order chi connectivity index (χ1) is 9.15. The van der Waals surface area contributed by atoms with Crippen LogP contribution in [0.5, 0.6) is 0 Å². The van der Waals surface area contributed by atoms with Gasteiger partial charge in [-0.05, 0) is 23.8 Å². The monoisotopic (exact) mass is 308 g/mol. The van der Waals surface area contributed by atoms with E-state index in [1.807, 2.05) is 36.4 Å². The van der Waals surface area contributed by atoms with Gasteiger partial charge in [-0.1, -0.05) is 41.4 Å². The lowest BCUT2D eigenvalue weighted by molar-refractivity contribution is 0.878. The molecular formula is C14H10Cl2N2S. The van der Waals surface area contributed by atoms with E-state index in [9.17, 15) is 0 Å². The van der Waals surface area contributed by atoms with Crippen LogP contribution in [0.1, 0.15) is 17.2 Å². The Bertz CT molecular complexity index is 739. The summed E-state index contributed by atoms with van der Waals surface area (Å²) in [4.78, 5) is 4.33. The highest BCUT2D eigenvalue weighted by molar-refractivity contribution is 7.20. The van der Waals surface area contributed by atoms with Gasteiger partial charge in [0.15, 0.2) is 0 Å². The second kappa shape index (κ2) is 5.10. The van der Waals surface area contributed by atoms with Crippen LogP contribution < -0.4 is 5.73 Å². The average Bonchev–Trinajstić information content (AvgIpc) is 2.76. The maximum Gasteiger partial charge on any atom is 0.0995 e. The number of fused-ring (bicyclic) bond motifs is 1. The molecule has 0 saturated heterocycles. The summed E-state index contributed by atoms with van der Waals surface area (Å²) in [6, 6.07) is 11.5. The number of hydrogen-bond donors (Lipinski definition) is 1. The molecule has 0 aliphatic carbocycles. The van der Waals surface area contributed by atoms with Gasteiger partial charge in [0.1, 0.15) is 0 Å². The standard InChI is InChI=1S/C14H10Cl2N2S/c15-12-7-10(14(16)19-12)13(17)9-4-3-8-2-1-5-18-11(8)6-9/h1-7,13H,17H2. The molecule has 1 atom stereocenters. The van der Waals surface area contributed by atoms with Crippen molar-refractivity contribution in [3.8, 4) is 0 Å². The van der Waals surface area contributed by atoms with Crippen molar-refractivity contribution in [3.05, 3.63) is 62.4 Å². The van der Waals surface area contributed by atoms with Gasteiger partial charge in [-0.15, -0.1) is 11.3 Å². The number of rotatable bonds is 2. The molecule has 2 aromatic heterocycles. The minimum Gasteiger partial charge on any atom is -0.320 e. The molecule has 0 radical (unpaired) electrons. The van der Waals surface area contributed by atoms with Crippen molar-refractivity contribution in [3.63, 3.8) is 0 Å². The van der Waals surface area contributed by atoms with Gasteiger partial charge < -0.3 is 5.73 Å². The molecule has 1 unspecified atom stereocenters. The molecule has 0 bridgehead atoms. The van der Waals surface area contributed by atoms with Gasteiger partial charge in [0.05, 0.1) is 20.2 Å². The van der Waals surface area contributed by atoms with Crippen molar-refractivity contribution in [2.45, 2.75) is 6.04 Å². The number of hydrogen-bond acceptors (Lipinski definition) is 3. The fourth-order valence-corrected chi connectivity index (χ4v) is 3.57. The lowest BCUT2D eigenvalue weighted by Crippen LogP contribution is -2.11. The van der Waals surface area contributed by atoms with E-state index in [4.69, 9.17) is 28.9 Å². The van der Waals surface area contributed by atoms with Crippen LogP contribution in [0.2, 0.25) is 8.67 Å². The lowest BCUT2D eigenvalue weighted by Gasteiger charge is -2.12. The van der Waals surface area contributed by atoms with Crippen LogP contribution >= 0.6 is 34.5 Å². The number of thiophene rings is 1. The van der Waals surface area contributed by atoms with E-state index in [1.165, 1.54) is 11.3 Å². The number of nitrogens with two attached hydrogens (primary N) is 1. The molecule has 2 nitrogen and oxygen atoms in total. The largest absolute Gasteiger partial charge is 0.320 e. The number of nitrogens with zero attached hydrogens (tertiary/aromatic N) is 1. The summed E-state index contributed by atoms with van der Waals surface area (Å²) in [7, 11) is 0. The molecule has 5 heteroatoms. The van der Waals surface area contributed by atoms with Crippen LogP contribution in [0.4, 0.5) is 0 Å². The van der Waals surface area contributed by atoms with Crippen molar-refractivity contribution < 1.29 is 0 Å². The van der Waals surface area contributed by atoms with Crippen LogP contribution in [0.3, 0.4) is 0 Å². The van der Waals surface area contributed by atoms with Crippen LogP contribution in [-0.2, 0) is 0 Å². The van der Waals surface area contributed by atoms with Crippen LogP contribution in [-0.4, -0.2) is 4.98 Å². The second-order valence-corrected chi connectivity index (χ2v) is 6.50. The topological polar surface area (TPSA) is 38.9 Å². The zero-order valence-electron chi connectivity index (χ0n) is 9.81. The van der Waals surface area contributed by atoms with Gasteiger partial charge in [0.25, 0.3) is 0 Å². The minimum atomic E-state index is -0.289. The molecule has 3 rings (SSSR count). The molecule has 0 fully saturated rings. The number of benzene rings is 1. The fraction of sp³-hybridized carbons (Fsp3) is 0.0714. The van der Waals surface area contributed by atoms with Gasteiger partial charge >= 0.3 is 0 Å². The van der Waals surface area contributed by atoms with E-state index in [0.29, 0.717) is 8.67 Å². The summed E-state index contributed by atoms with van der Waals surface area (Å²) in [6.45, 7) is 0. The first-order valence-corrected chi connectivity index (χ1v) is 7.27. The molecule has 0 spiro atoms. The molecule has 1 aromatic carbocycles. The molecule has 19 heavy (non-hydrogen) atoms. The van der Waals surface area contributed by atoms with E-state index in [2.05, 4.69) is 4.98 Å². The van der Waals surface area contributed by atoms with E-state index >= 15 is 0 Å². The number of halogens is 2. The van der Waals surface area contributed by atoms with E-state index < -0.39 is 0 Å². The van der Waals surface area contributed by atoms with Gasteiger partial charge in [-0.25, -0.2) is 0 Å². The molecule has 2 heterocycles. The van der Waals surface area contributed by atoms with Crippen molar-refractivity contribution in [1.82, 2.24) is 4.98 Å². The predicted octanol–water partition coefficient (Wildman–Crippen LogP) is 4.65. The van der Waals surface area contributed by atoms with Crippen molar-refractivity contribution in [2.24, 2.45) is 5.73 Å². The third-order valence-corrected chi connectivity index (χ3v) is 4.53. The Kier molecular flexibility index (Phi) is 3.46. The van der Waals surface area contributed by atoms with Gasteiger partial charge in [0.2, 0.25) is 0 Å². The van der Waals surface area contributed by atoms with Crippen molar-refractivity contribution >= 4 is 45.4 Å². The minimum absolute atomic E-state index is 0.289. The Hall–Kier alpha value is -1.13. The number of aromatic nitrogens is 1. The zero-order chi connectivity index (χ0) is 13.4. The molecule has 0 aliphatic heterocycles. The summed E-state index contributed by atoms with van der Waals surface area (Å²) < 4.78 is 1.29. The second-order valence-electron chi connectivity index (χ2n) is 4.21. The highest BCUT2D eigenvalue weighted by atomic mass is 35.5. The van der Waals surface area contributed by atoms with Crippen molar-refractivity contribution in [1.29, 1.82) is 0 Å². The number of pyridine rings is 1. The third-order valence-electron chi connectivity index (χ3n) is 3.01. The molecule has 0 saturated carbocycles. The Morgan fingerprint density at radius 2 is 2.00 bits per heavy atom. The maximum absolute atomic E-state index is 6.26. The highest BCUT2D eigenvalue weighted by Gasteiger charge is 2.16. The van der Waals surface area contributed by atoms with Gasteiger partial charge in [-0.3, -0.25) is 4.98 Å². The van der Waals surface area contributed by atoms with Crippen molar-refractivity contribution in [2.75, 3.05) is 0 Å². The summed E-state index contributed by atoms with van der Waals surface area (Å²) in [5.41, 5.74) is 9.01. The SMILES string of the molecule is NC(c1ccc2cccnc2c1)c1cc(Cl)sc1Cl. The van der Waals surface area contributed by atoms with Crippen LogP contribution in [0.15, 0.2) is 42.6 Å². The highest BCUT2D eigenvalue weighted by Crippen LogP contribution is 2.36. The van der Waals surface area contributed by atoms with Gasteiger partial charge in [-0.2, -0.15) is 0 Å². The lowest BCUT2D eigenvalue weighted by atomic mass is 10.0. The Morgan fingerprint density at radius 1 is 1.16 bits per heavy atom. The molecule has 96 valence electrons. The summed E-state index contributed by atoms with van der Waals surface area (Å²) >= 11 is 13.4. The quantitative estimate of drug-likeness (QED) is 0.748. The maximum atomic E-state index is 6.26. The Morgan fingerprint density at radius 3 is 2.74 bits per heavy atom. The predicted molar refractivity (Wildman–Crippen MR) is 82.1 cm³/mol. The molecule has 2 N–H and O–H groups in total. The fourth-order valence-electron chi connectivity index (χ4n) is 2.02. The van der Waals surface area contributed by atoms with Crippen LogP contribution in [0.25, 0.3) is 10.9 Å². The van der Waals surface area contributed by atoms with Gasteiger partial charge in [0, 0.05) is 17.1 Å². The molecule has 0 amide bonds. The first kappa shape index (κ1) is 12.9. The molecule has 3 aromatic rings. The van der Waals surface area contributed by atoms with E-state index in [-0.39, 0.29) is 6.04 Å². The Balaban J connectivity index is 2.06. The molecule has 0 aliphatic rings. The summed E-state index contributed by atoms with van der Waals surface area (Å²) in [5, 5.41) is 1.09. The summed E-state index contributed by atoms with van der Waals surface area (Å²) in [6.07, 6.45) is 1.77. The first-order valence-electron chi connectivity index (χ1n) is 5.70.